The molecule has 0 fully saturated rings. The van der Waals surface area contributed by atoms with Crippen LogP contribution >= 0.6 is 15.9 Å². The van der Waals surface area contributed by atoms with Gasteiger partial charge in [0, 0.05) is 22.2 Å². The lowest BCUT2D eigenvalue weighted by atomic mass is 9.91. The van der Waals surface area contributed by atoms with Gasteiger partial charge in [-0.15, -0.1) is 5.10 Å². The molecule has 0 bridgehead atoms. The van der Waals surface area contributed by atoms with Crippen LogP contribution in [0.15, 0.2) is 45.2 Å². The molecule has 0 atom stereocenters. The summed E-state index contributed by atoms with van der Waals surface area (Å²) in [4.78, 5) is 11.1. The van der Waals surface area contributed by atoms with Crippen LogP contribution in [-0.4, -0.2) is 27.5 Å². The predicted molar refractivity (Wildman–Crippen MR) is 88.3 cm³/mol. The summed E-state index contributed by atoms with van der Waals surface area (Å²) in [5.74, 6) is 1.35. The first-order chi connectivity index (χ1) is 10.9. The minimum atomic E-state index is -0.729. The van der Waals surface area contributed by atoms with Crippen LogP contribution in [-0.2, 0) is 0 Å². The summed E-state index contributed by atoms with van der Waals surface area (Å²) in [6.07, 6.45) is 0. The van der Waals surface area contributed by atoms with E-state index in [4.69, 9.17) is 9.47 Å². The fourth-order valence-electron chi connectivity index (χ4n) is 2.41. The van der Waals surface area contributed by atoms with Crippen molar-refractivity contribution in [1.29, 1.82) is 0 Å². The number of aliphatic hydroxyl groups excluding tert-OH is 1. The summed E-state index contributed by atoms with van der Waals surface area (Å²) in [5.41, 5.74) is 0.253. The molecule has 2 aromatic rings. The number of fused-ring (bicyclic) bond motifs is 1. The number of H-pyrrole nitrogens is 1. The molecule has 0 amide bonds. The SMILES string of the molecule is CC1(C)Oc2ccc(Br)cc2C(Oc2ccc(=O)[nH]n2)=C1CO. The Kier molecular flexibility index (Phi) is 3.99. The number of ether oxygens (including phenoxy) is 2. The molecule has 1 aromatic carbocycles. The summed E-state index contributed by atoms with van der Waals surface area (Å²) in [6.45, 7) is 3.48. The molecule has 2 heterocycles. The first-order valence-electron chi connectivity index (χ1n) is 6.98. The fraction of sp³-hybridized carbons (Fsp3) is 0.250. The quantitative estimate of drug-likeness (QED) is 0.856. The number of hydrogen-bond donors (Lipinski definition) is 2. The lowest BCUT2D eigenvalue weighted by Crippen LogP contribution is -2.37. The van der Waals surface area contributed by atoms with Crippen molar-refractivity contribution in [1.82, 2.24) is 10.2 Å². The highest BCUT2D eigenvalue weighted by Gasteiger charge is 2.36. The van der Waals surface area contributed by atoms with Gasteiger partial charge in [0.15, 0.2) is 0 Å². The third kappa shape index (κ3) is 3.02. The number of hydrogen-bond acceptors (Lipinski definition) is 5. The highest BCUT2D eigenvalue weighted by Crippen LogP contribution is 2.42. The van der Waals surface area contributed by atoms with Crippen LogP contribution in [0.4, 0.5) is 0 Å². The Morgan fingerprint density at radius 1 is 1.35 bits per heavy atom. The summed E-state index contributed by atoms with van der Waals surface area (Å²) in [6, 6.07) is 8.35. The zero-order valence-electron chi connectivity index (χ0n) is 12.6. The standard InChI is InChI=1S/C16H15BrN2O4/c1-16(2)11(8-20)15(22-14-6-5-13(21)18-19-14)10-7-9(17)3-4-12(10)23-16/h3-7,20H,8H2,1-2H3,(H,18,21). The van der Waals surface area contributed by atoms with E-state index in [1.165, 1.54) is 12.1 Å². The molecule has 1 aliphatic rings. The molecule has 120 valence electrons. The lowest BCUT2D eigenvalue weighted by molar-refractivity contribution is 0.122. The number of nitrogens with one attached hydrogen (secondary N) is 1. The molecular formula is C16H15BrN2O4. The highest BCUT2D eigenvalue weighted by molar-refractivity contribution is 9.10. The van der Waals surface area contributed by atoms with Crippen molar-refractivity contribution >= 4 is 21.7 Å². The molecule has 1 aromatic heterocycles. The Morgan fingerprint density at radius 2 is 2.13 bits per heavy atom. The van der Waals surface area contributed by atoms with E-state index in [0.717, 1.165) is 4.47 Å². The van der Waals surface area contributed by atoms with E-state index in [0.29, 0.717) is 22.6 Å². The zero-order chi connectivity index (χ0) is 16.6. The molecule has 23 heavy (non-hydrogen) atoms. The number of halogens is 1. The molecule has 0 spiro atoms. The molecule has 0 saturated heterocycles. The number of benzene rings is 1. The van der Waals surface area contributed by atoms with Gasteiger partial charge in [0.2, 0.25) is 5.88 Å². The smallest absolute Gasteiger partial charge is 0.264 e. The van der Waals surface area contributed by atoms with Crippen molar-refractivity contribution in [2.45, 2.75) is 19.4 Å². The Balaban J connectivity index is 2.15. The van der Waals surface area contributed by atoms with Crippen molar-refractivity contribution in [3.8, 4) is 11.6 Å². The van der Waals surface area contributed by atoms with Crippen LogP contribution < -0.4 is 15.0 Å². The molecule has 0 aliphatic carbocycles. The van der Waals surface area contributed by atoms with Crippen molar-refractivity contribution in [3.63, 3.8) is 0 Å². The first kappa shape index (κ1) is 15.8. The maximum atomic E-state index is 11.1. The number of aliphatic hydroxyl groups is 1. The van der Waals surface area contributed by atoms with E-state index < -0.39 is 5.60 Å². The summed E-state index contributed by atoms with van der Waals surface area (Å²) in [7, 11) is 0. The molecule has 0 unspecified atom stereocenters. The van der Waals surface area contributed by atoms with E-state index in [9.17, 15) is 9.90 Å². The van der Waals surface area contributed by atoms with Gasteiger partial charge >= 0.3 is 0 Å². The maximum absolute atomic E-state index is 11.1. The van der Waals surface area contributed by atoms with Crippen LogP contribution in [0.5, 0.6) is 11.6 Å². The molecular weight excluding hydrogens is 364 g/mol. The number of aromatic amines is 1. The van der Waals surface area contributed by atoms with Gasteiger partial charge in [-0.3, -0.25) is 4.79 Å². The summed E-state index contributed by atoms with van der Waals surface area (Å²) in [5, 5.41) is 16.0. The van der Waals surface area contributed by atoms with E-state index >= 15 is 0 Å². The molecule has 1 aliphatic heterocycles. The number of nitrogens with zero attached hydrogens (tertiary/aromatic N) is 1. The van der Waals surface area contributed by atoms with Crippen LogP contribution in [0.2, 0.25) is 0 Å². The van der Waals surface area contributed by atoms with Crippen LogP contribution in [0.25, 0.3) is 5.76 Å². The Hall–Kier alpha value is -2.12. The number of rotatable bonds is 3. The number of aromatic nitrogens is 2. The maximum Gasteiger partial charge on any atom is 0.264 e. The average molecular weight is 379 g/mol. The van der Waals surface area contributed by atoms with Gasteiger partial charge in [-0.05, 0) is 32.0 Å². The molecule has 6 nitrogen and oxygen atoms in total. The van der Waals surface area contributed by atoms with E-state index in [2.05, 4.69) is 26.1 Å². The molecule has 2 N–H and O–H groups in total. The van der Waals surface area contributed by atoms with Gasteiger partial charge in [0.05, 0.1) is 12.2 Å². The molecule has 0 radical (unpaired) electrons. The highest BCUT2D eigenvalue weighted by atomic mass is 79.9. The van der Waals surface area contributed by atoms with Gasteiger partial charge in [0.1, 0.15) is 17.1 Å². The molecule has 7 heteroatoms. The topological polar surface area (TPSA) is 84.4 Å². The second-order valence-electron chi connectivity index (χ2n) is 5.58. The van der Waals surface area contributed by atoms with Crippen LogP contribution in [0.3, 0.4) is 0 Å². The largest absolute Gasteiger partial charge is 0.482 e. The minimum Gasteiger partial charge on any atom is -0.482 e. The third-order valence-corrected chi connectivity index (χ3v) is 4.06. The third-order valence-electron chi connectivity index (χ3n) is 3.57. The van der Waals surface area contributed by atoms with Gasteiger partial charge in [0.25, 0.3) is 5.56 Å². The summed E-state index contributed by atoms with van der Waals surface area (Å²) >= 11 is 3.42. The van der Waals surface area contributed by atoms with Crippen molar-refractivity contribution in [3.05, 3.63) is 56.3 Å². The Labute approximate surface area is 140 Å². The van der Waals surface area contributed by atoms with Gasteiger partial charge in [-0.1, -0.05) is 15.9 Å². The van der Waals surface area contributed by atoms with Gasteiger partial charge < -0.3 is 14.6 Å². The lowest BCUT2D eigenvalue weighted by Gasteiger charge is -2.35. The van der Waals surface area contributed by atoms with Crippen molar-refractivity contribution in [2.75, 3.05) is 6.61 Å². The first-order valence-corrected chi connectivity index (χ1v) is 7.77. The second kappa shape index (κ2) is 5.82. The zero-order valence-corrected chi connectivity index (χ0v) is 14.2. The predicted octanol–water partition coefficient (Wildman–Crippen LogP) is 2.49. The van der Waals surface area contributed by atoms with E-state index in [1.807, 2.05) is 32.0 Å². The minimum absolute atomic E-state index is 0.225. The van der Waals surface area contributed by atoms with Crippen LogP contribution in [0, 0.1) is 0 Å². The van der Waals surface area contributed by atoms with Crippen LogP contribution in [0.1, 0.15) is 19.4 Å². The van der Waals surface area contributed by atoms with Crippen molar-refractivity contribution in [2.24, 2.45) is 0 Å². The molecule has 0 saturated carbocycles. The van der Waals surface area contributed by atoms with Crippen molar-refractivity contribution < 1.29 is 14.6 Å². The second-order valence-corrected chi connectivity index (χ2v) is 6.50. The normalized spacial score (nSPS) is 15.8. The van der Waals surface area contributed by atoms with Gasteiger partial charge in [-0.2, -0.15) is 0 Å². The monoisotopic (exact) mass is 378 g/mol. The van der Waals surface area contributed by atoms with Gasteiger partial charge in [-0.25, -0.2) is 5.10 Å². The average Bonchev–Trinajstić information content (AvgIpc) is 2.50. The Morgan fingerprint density at radius 3 is 2.78 bits per heavy atom. The van der Waals surface area contributed by atoms with E-state index in [-0.39, 0.29) is 18.0 Å². The Bertz CT molecular complexity index is 822. The summed E-state index contributed by atoms with van der Waals surface area (Å²) < 4.78 is 12.7. The fourth-order valence-corrected chi connectivity index (χ4v) is 2.77. The van der Waals surface area contributed by atoms with E-state index in [1.54, 1.807) is 0 Å². The molecule has 3 rings (SSSR count).